The maximum absolute atomic E-state index is 12.1. The lowest BCUT2D eigenvalue weighted by Gasteiger charge is -2.05. The monoisotopic (exact) mass is 334 g/mol. The van der Waals surface area contributed by atoms with Crippen LogP contribution in [0, 0.1) is 0 Å². The number of hydrogen-bond donors (Lipinski definition) is 2. The molecule has 0 radical (unpaired) electrons. The molecular formula is C15H18N4O3S. The molecule has 2 rings (SSSR count). The summed E-state index contributed by atoms with van der Waals surface area (Å²) in [7, 11) is 0. The lowest BCUT2D eigenvalue weighted by Crippen LogP contribution is -2.12. The van der Waals surface area contributed by atoms with Crippen molar-refractivity contribution in [1.29, 1.82) is 0 Å². The largest absolute Gasteiger partial charge is 0.374 e. The van der Waals surface area contributed by atoms with Crippen molar-refractivity contribution in [3.8, 4) is 0 Å². The van der Waals surface area contributed by atoms with E-state index in [2.05, 4.69) is 20.8 Å². The highest BCUT2D eigenvalue weighted by atomic mass is 32.1. The molecule has 0 saturated carbocycles. The van der Waals surface area contributed by atoms with Crippen molar-refractivity contribution in [2.45, 2.75) is 26.9 Å². The van der Waals surface area contributed by atoms with Gasteiger partial charge in [-0.1, -0.05) is 18.3 Å². The van der Waals surface area contributed by atoms with Crippen LogP contribution in [0.4, 0.5) is 10.8 Å². The zero-order valence-corrected chi connectivity index (χ0v) is 13.8. The summed E-state index contributed by atoms with van der Waals surface area (Å²) in [4.78, 5) is 23.4. The van der Waals surface area contributed by atoms with Gasteiger partial charge in [-0.05, 0) is 31.2 Å². The molecule has 0 aliphatic carbocycles. The highest BCUT2D eigenvalue weighted by Crippen LogP contribution is 2.17. The molecule has 8 heteroatoms. The van der Waals surface area contributed by atoms with Gasteiger partial charge in [-0.15, -0.1) is 10.2 Å². The Labute approximate surface area is 138 Å². The van der Waals surface area contributed by atoms with Crippen LogP contribution in [0.25, 0.3) is 0 Å². The minimum absolute atomic E-state index is 0.0714. The Morgan fingerprint density at radius 2 is 1.87 bits per heavy atom. The van der Waals surface area contributed by atoms with Crippen LogP contribution in [0.2, 0.25) is 0 Å². The van der Waals surface area contributed by atoms with E-state index in [1.807, 2.05) is 6.92 Å². The van der Waals surface area contributed by atoms with Gasteiger partial charge in [0.15, 0.2) is 0 Å². The van der Waals surface area contributed by atoms with Crippen molar-refractivity contribution >= 4 is 34.0 Å². The fourth-order valence-electron chi connectivity index (χ4n) is 1.68. The van der Waals surface area contributed by atoms with Crippen molar-refractivity contribution in [3.63, 3.8) is 0 Å². The summed E-state index contributed by atoms with van der Waals surface area (Å²) in [5.74, 6) is -0.352. The van der Waals surface area contributed by atoms with E-state index in [9.17, 15) is 9.59 Å². The number of benzene rings is 1. The standard InChI is InChI=1S/C15H18N4O3S/c1-3-12(20)16-11-7-5-10(6-8-11)14(21)17-15-19-18-13(23-15)9-22-4-2/h5-8H,3-4,9H2,1-2H3,(H,16,20)(H,17,19,21). The van der Waals surface area contributed by atoms with Crippen LogP contribution in [0.1, 0.15) is 35.6 Å². The SMILES string of the molecule is CCOCc1nnc(NC(=O)c2ccc(NC(=O)CC)cc2)s1. The first-order valence-electron chi connectivity index (χ1n) is 7.23. The molecule has 0 saturated heterocycles. The average molecular weight is 334 g/mol. The molecule has 0 spiro atoms. The van der Waals surface area contributed by atoms with Gasteiger partial charge in [0.05, 0.1) is 0 Å². The van der Waals surface area contributed by atoms with Gasteiger partial charge in [-0.25, -0.2) is 0 Å². The van der Waals surface area contributed by atoms with Gasteiger partial charge in [0.25, 0.3) is 5.91 Å². The summed E-state index contributed by atoms with van der Waals surface area (Å²) in [5, 5.41) is 14.4. The van der Waals surface area contributed by atoms with Crippen molar-refractivity contribution in [1.82, 2.24) is 10.2 Å². The molecule has 122 valence electrons. The third kappa shape index (κ3) is 5.11. The van der Waals surface area contributed by atoms with Gasteiger partial charge in [0.1, 0.15) is 11.6 Å². The van der Waals surface area contributed by atoms with E-state index in [-0.39, 0.29) is 11.8 Å². The van der Waals surface area contributed by atoms with E-state index < -0.39 is 0 Å². The Hall–Kier alpha value is -2.32. The maximum atomic E-state index is 12.1. The van der Waals surface area contributed by atoms with E-state index in [1.54, 1.807) is 31.2 Å². The molecule has 23 heavy (non-hydrogen) atoms. The molecule has 1 aromatic carbocycles. The summed E-state index contributed by atoms with van der Waals surface area (Å²) in [6.45, 7) is 4.66. The van der Waals surface area contributed by atoms with Crippen molar-refractivity contribution in [2.75, 3.05) is 17.2 Å². The van der Waals surface area contributed by atoms with Crippen molar-refractivity contribution in [2.24, 2.45) is 0 Å². The fourth-order valence-corrected chi connectivity index (χ4v) is 2.35. The second-order valence-corrected chi connectivity index (χ2v) is 5.63. The molecule has 2 aromatic rings. The van der Waals surface area contributed by atoms with Gasteiger partial charge >= 0.3 is 0 Å². The number of ether oxygens (including phenoxy) is 1. The second-order valence-electron chi connectivity index (χ2n) is 4.57. The lowest BCUT2D eigenvalue weighted by atomic mass is 10.2. The minimum atomic E-state index is -0.280. The van der Waals surface area contributed by atoms with Crippen molar-refractivity contribution in [3.05, 3.63) is 34.8 Å². The van der Waals surface area contributed by atoms with E-state index in [1.165, 1.54) is 11.3 Å². The van der Waals surface area contributed by atoms with Crippen LogP contribution in [-0.2, 0) is 16.1 Å². The van der Waals surface area contributed by atoms with Crippen LogP contribution in [0.3, 0.4) is 0 Å². The van der Waals surface area contributed by atoms with Gasteiger partial charge in [-0.3, -0.25) is 14.9 Å². The van der Waals surface area contributed by atoms with Gasteiger partial charge in [-0.2, -0.15) is 0 Å². The summed E-state index contributed by atoms with van der Waals surface area (Å²) in [6.07, 6.45) is 0.406. The van der Waals surface area contributed by atoms with Crippen molar-refractivity contribution < 1.29 is 14.3 Å². The Kier molecular flexibility index (Phi) is 6.19. The molecule has 0 aliphatic heterocycles. The Balaban J connectivity index is 1.95. The molecule has 0 fully saturated rings. The number of carbonyl (C=O) groups is 2. The molecule has 0 unspecified atom stereocenters. The van der Waals surface area contributed by atoms with Crippen LogP contribution in [0.5, 0.6) is 0 Å². The number of carbonyl (C=O) groups excluding carboxylic acids is 2. The van der Waals surface area contributed by atoms with Gasteiger partial charge < -0.3 is 10.1 Å². The Morgan fingerprint density at radius 3 is 2.52 bits per heavy atom. The quantitative estimate of drug-likeness (QED) is 0.812. The fraction of sp³-hybridized carbons (Fsp3) is 0.333. The molecule has 1 heterocycles. The smallest absolute Gasteiger partial charge is 0.257 e. The Bertz CT molecular complexity index is 670. The second kappa shape index (κ2) is 8.35. The van der Waals surface area contributed by atoms with Gasteiger partial charge in [0.2, 0.25) is 11.0 Å². The molecule has 1 aromatic heterocycles. The van der Waals surface area contributed by atoms with E-state index in [0.29, 0.717) is 41.0 Å². The Morgan fingerprint density at radius 1 is 1.13 bits per heavy atom. The molecule has 2 amide bonds. The first-order chi connectivity index (χ1) is 11.1. The van der Waals surface area contributed by atoms with Crippen LogP contribution in [0.15, 0.2) is 24.3 Å². The first-order valence-corrected chi connectivity index (χ1v) is 8.05. The summed E-state index contributed by atoms with van der Waals surface area (Å²) in [5.41, 5.74) is 1.13. The highest BCUT2D eigenvalue weighted by molar-refractivity contribution is 7.15. The van der Waals surface area contributed by atoms with E-state index >= 15 is 0 Å². The maximum Gasteiger partial charge on any atom is 0.257 e. The molecule has 2 N–H and O–H groups in total. The average Bonchev–Trinajstić information content (AvgIpc) is 3.00. The predicted octanol–water partition coefficient (Wildman–Crippen LogP) is 2.68. The molecule has 0 atom stereocenters. The minimum Gasteiger partial charge on any atom is -0.374 e. The molecule has 0 bridgehead atoms. The number of hydrogen-bond acceptors (Lipinski definition) is 6. The summed E-state index contributed by atoms with van der Waals surface area (Å²) < 4.78 is 5.24. The number of nitrogens with zero attached hydrogens (tertiary/aromatic N) is 2. The number of nitrogens with one attached hydrogen (secondary N) is 2. The number of amides is 2. The van der Waals surface area contributed by atoms with Crippen LogP contribution >= 0.6 is 11.3 Å². The zero-order valence-electron chi connectivity index (χ0n) is 13.0. The third-order valence-electron chi connectivity index (χ3n) is 2.87. The topological polar surface area (TPSA) is 93.2 Å². The summed E-state index contributed by atoms with van der Waals surface area (Å²) >= 11 is 1.27. The van der Waals surface area contributed by atoms with E-state index in [0.717, 1.165) is 0 Å². The first kappa shape index (κ1) is 17.0. The normalized spacial score (nSPS) is 10.3. The number of anilines is 2. The summed E-state index contributed by atoms with van der Waals surface area (Å²) in [6, 6.07) is 6.65. The molecule has 0 aliphatic rings. The molecular weight excluding hydrogens is 316 g/mol. The van der Waals surface area contributed by atoms with Crippen LogP contribution < -0.4 is 10.6 Å². The zero-order chi connectivity index (χ0) is 16.7. The number of aromatic nitrogens is 2. The lowest BCUT2D eigenvalue weighted by molar-refractivity contribution is -0.115. The predicted molar refractivity (Wildman–Crippen MR) is 88.6 cm³/mol. The highest BCUT2D eigenvalue weighted by Gasteiger charge is 2.10. The molecule has 7 nitrogen and oxygen atoms in total. The third-order valence-corrected chi connectivity index (χ3v) is 3.68. The van der Waals surface area contributed by atoms with E-state index in [4.69, 9.17) is 4.74 Å². The van der Waals surface area contributed by atoms with Gasteiger partial charge in [0, 0.05) is 24.3 Å². The van der Waals surface area contributed by atoms with Crippen LogP contribution in [-0.4, -0.2) is 28.6 Å². The number of rotatable bonds is 7.